The summed E-state index contributed by atoms with van der Waals surface area (Å²) >= 11 is 1.55. The van der Waals surface area contributed by atoms with Gasteiger partial charge in [0, 0.05) is 34.9 Å². The smallest absolute Gasteiger partial charge is 0.270 e. The molecule has 0 saturated carbocycles. The third-order valence-corrected chi connectivity index (χ3v) is 2.97. The summed E-state index contributed by atoms with van der Waals surface area (Å²) in [6.07, 6.45) is 3.40. The SMILES string of the molecule is O=C1C=c2ccc(N3NC=CS3)cc2=N1. The molecule has 1 N–H and O–H groups in total. The number of nitrogens with zero attached hydrogens (tertiary/aromatic N) is 2. The quantitative estimate of drug-likeness (QED) is 0.676. The van der Waals surface area contributed by atoms with Crippen molar-refractivity contribution in [2.24, 2.45) is 4.99 Å². The molecule has 1 aromatic carbocycles. The Morgan fingerprint density at radius 1 is 1.40 bits per heavy atom. The van der Waals surface area contributed by atoms with E-state index in [1.54, 1.807) is 18.0 Å². The Morgan fingerprint density at radius 2 is 2.33 bits per heavy atom. The van der Waals surface area contributed by atoms with Crippen molar-refractivity contribution in [2.75, 3.05) is 4.41 Å². The van der Waals surface area contributed by atoms with Crippen LogP contribution in [0.25, 0.3) is 6.08 Å². The Kier molecular flexibility index (Phi) is 1.78. The van der Waals surface area contributed by atoms with E-state index < -0.39 is 0 Å². The fraction of sp³-hybridized carbons (Fsp3) is 0. The van der Waals surface area contributed by atoms with Gasteiger partial charge in [0.2, 0.25) is 0 Å². The van der Waals surface area contributed by atoms with E-state index >= 15 is 0 Å². The van der Waals surface area contributed by atoms with Crippen molar-refractivity contribution in [3.63, 3.8) is 0 Å². The topological polar surface area (TPSA) is 44.7 Å². The summed E-state index contributed by atoms with van der Waals surface area (Å²) in [5.41, 5.74) is 4.04. The molecule has 0 spiro atoms. The van der Waals surface area contributed by atoms with E-state index in [9.17, 15) is 4.79 Å². The molecule has 0 bridgehead atoms. The Morgan fingerprint density at radius 3 is 3.13 bits per heavy atom. The third kappa shape index (κ3) is 1.41. The lowest BCUT2D eigenvalue weighted by Gasteiger charge is -2.15. The molecule has 0 saturated heterocycles. The van der Waals surface area contributed by atoms with Crippen molar-refractivity contribution < 1.29 is 4.79 Å². The number of amides is 1. The molecular formula is C10H7N3OS. The van der Waals surface area contributed by atoms with E-state index in [1.807, 2.05) is 34.2 Å². The van der Waals surface area contributed by atoms with Crippen LogP contribution in [-0.2, 0) is 4.79 Å². The number of hydrogen-bond donors (Lipinski definition) is 1. The number of fused-ring (bicyclic) bond motifs is 1. The molecule has 4 nitrogen and oxygen atoms in total. The fourth-order valence-corrected chi connectivity index (χ4v) is 2.12. The normalized spacial score (nSPS) is 17.1. The van der Waals surface area contributed by atoms with Gasteiger partial charge >= 0.3 is 0 Å². The zero-order valence-corrected chi connectivity index (χ0v) is 8.49. The molecule has 1 aromatic rings. The molecule has 74 valence electrons. The van der Waals surface area contributed by atoms with E-state index in [4.69, 9.17) is 0 Å². The van der Waals surface area contributed by atoms with Gasteiger partial charge in [0.25, 0.3) is 5.91 Å². The largest absolute Gasteiger partial charge is 0.295 e. The Labute approximate surface area is 90.1 Å². The van der Waals surface area contributed by atoms with Gasteiger partial charge in [0.15, 0.2) is 0 Å². The second-order valence-electron chi connectivity index (χ2n) is 3.17. The van der Waals surface area contributed by atoms with Crippen LogP contribution < -0.4 is 20.4 Å². The minimum Gasteiger partial charge on any atom is -0.295 e. The average Bonchev–Trinajstić information content (AvgIpc) is 2.82. The van der Waals surface area contributed by atoms with Crippen molar-refractivity contribution >= 4 is 29.6 Å². The van der Waals surface area contributed by atoms with Gasteiger partial charge in [0.05, 0.1) is 11.0 Å². The van der Waals surface area contributed by atoms with Gasteiger partial charge in [-0.1, -0.05) is 6.07 Å². The minimum atomic E-state index is -0.178. The van der Waals surface area contributed by atoms with Gasteiger partial charge < -0.3 is 0 Å². The summed E-state index contributed by atoms with van der Waals surface area (Å²) in [5, 5.41) is 3.58. The van der Waals surface area contributed by atoms with E-state index in [2.05, 4.69) is 10.4 Å². The number of nitrogens with one attached hydrogen (secondary N) is 1. The van der Waals surface area contributed by atoms with Gasteiger partial charge in [-0.3, -0.25) is 10.2 Å². The monoisotopic (exact) mass is 217 g/mol. The maximum absolute atomic E-state index is 11.1. The van der Waals surface area contributed by atoms with Crippen LogP contribution in [-0.4, -0.2) is 5.91 Å². The van der Waals surface area contributed by atoms with Crippen LogP contribution in [0.2, 0.25) is 0 Å². The fourth-order valence-electron chi connectivity index (χ4n) is 1.52. The van der Waals surface area contributed by atoms with Gasteiger partial charge in [-0.2, -0.15) is 0 Å². The standard InChI is InChI=1S/C10H7N3OS/c14-10-5-7-1-2-8(6-9(7)12-10)13-11-3-4-15-13/h1-6,11H. The van der Waals surface area contributed by atoms with E-state index in [0.29, 0.717) is 0 Å². The lowest BCUT2D eigenvalue weighted by Crippen LogP contribution is -2.27. The summed E-state index contributed by atoms with van der Waals surface area (Å²) in [4.78, 5) is 15.0. The molecule has 3 rings (SSSR count). The molecule has 0 unspecified atom stereocenters. The molecular weight excluding hydrogens is 210 g/mol. The average molecular weight is 217 g/mol. The summed E-state index contributed by atoms with van der Waals surface area (Å²) in [7, 11) is 0. The molecule has 0 aromatic heterocycles. The predicted octanol–water partition coefficient (Wildman–Crippen LogP) is 0.0709. The maximum Gasteiger partial charge on any atom is 0.270 e. The molecule has 0 radical (unpaired) electrons. The zero-order valence-electron chi connectivity index (χ0n) is 7.68. The predicted molar refractivity (Wildman–Crippen MR) is 59.0 cm³/mol. The van der Waals surface area contributed by atoms with Crippen molar-refractivity contribution in [3.8, 4) is 0 Å². The van der Waals surface area contributed by atoms with Crippen LogP contribution in [0, 0.1) is 0 Å². The molecule has 0 aliphatic carbocycles. The molecule has 0 fully saturated rings. The van der Waals surface area contributed by atoms with E-state index in [1.165, 1.54) is 0 Å². The highest BCUT2D eigenvalue weighted by Gasteiger charge is 2.10. The first-order valence-corrected chi connectivity index (χ1v) is 5.29. The second kappa shape index (κ2) is 3.13. The number of anilines is 1. The molecule has 5 heteroatoms. The number of benzene rings is 1. The van der Waals surface area contributed by atoms with Crippen LogP contribution in [0.4, 0.5) is 5.69 Å². The number of hydrazine groups is 1. The Bertz CT molecular complexity index is 571. The maximum atomic E-state index is 11.1. The first kappa shape index (κ1) is 8.55. The summed E-state index contributed by atoms with van der Waals surface area (Å²) < 4.78 is 1.90. The molecule has 2 heterocycles. The van der Waals surface area contributed by atoms with Crippen LogP contribution in [0.1, 0.15) is 0 Å². The van der Waals surface area contributed by atoms with E-state index in [0.717, 1.165) is 16.3 Å². The van der Waals surface area contributed by atoms with Gasteiger partial charge in [-0.05, 0) is 12.1 Å². The summed E-state index contributed by atoms with van der Waals surface area (Å²) in [6.45, 7) is 0. The Hall–Kier alpha value is -1.75. The summed E-state index contributed by atoms with van der Waals surface area (Å²) in [6, 6.07) is 5.75. The lowest BCUT2D eigenvalue weighted by atomic mass is 10.2. The Balaban J connectivity index is 2.08. The first-order chi connectivity index (χ1) is 7.33. The van der Waals surface area contributed by atoms with Crippen LogP contribution in [0.15, 0.2) is 34.8 Å². The van der Waals surface area contributed by atoms with Gasteiger partial charge in [0.1, 0.15) is 0 Å². The lowest BCUT2D eigenvalue weighted by molar-refractivity contribution is -0.112. The number of carbonyl (C=O) groups excluding carboxylic acids is 1. The molecule has 2 aliphatic rings. The first-order valence-electron chi connectivity index (χ1n) is 4.45. The second-order valence-corrected chi connectivity index (χ2v) is 4.02. The third-order valence-electron chi connectivity index (χ3n) is 2.18. The number of carbonyl (C=O) groups is 1. The van der Waals surface area contributed by atoms with Crippen molar-refractivity contribution in [1.29, 1.82) is 0 Å². The minimum absolute atomic E-state index is 0.178. The number of hydrogen-bond acceptors (Lipinski definition) is 4. The van der Waals surface area contributed by atoms with Gasteiger partial charge in [-0.25, -0.2) is 9.41 Å². The molecule has 2 aliphatic heterocycles. The summed E-state index contributed by atoms with van der Waals surface area (Å²) in [5.74, 6) is -0.178. The number of rotatable bonds is 1. The van der Waals surface area contributed by atoms with E-state index in [-0.39, 0.29) is 5.91 Å². The van der Waals surface area contributed by atoms with Crippen LogP contribution in [0.5, 0.6) is 0 Å². The molecule has 15 heavy (non-hydrogen) atoms. The highest BCUT2D eigenvalue weighted by molar-refractivity contribution is 8.03. The zero-order chi connectivity index (χ0) is 10.3. The van der Waals surface area contributed by atoms with Crippen LogP contribution >= 0.6 is 11.9 Å². The van der Waals surface area contributed by atoms with Gasteiger partial charge in [-0.15, -0.1) is 0 Å². The molecule has 0 atom stereocenters. The van der Waals surface area contributed by atoms with Crippen molar-refractivity contribution in [1.82, 2.24) is 5.43 Å². The highest BCUT2D eigenvalue weighted by Crippen LogP contribution is 2.21. The van der Waals surface area contributed by atoms with Crippen LogP contribution in [0.3, 0.4) is 0 Å². The van der Waals surface area contributed by atoms with Crippen molar-refractivity contribution in [3.05, 3.63) is 40.4 Å². The highest BCUT2D eigenvalue weighted by atomic mass is 32.2. The van der Waals surface area contributed by atoms with Crippen molar-refractivity contribution in [2.45, 2.75) is 0 Å². The molecule has 1 amide bonds.